The number of amides is 2. The first-order valence-corrected chi connectivity index (χ1v) is 12.2. The Kier molecular flexibility index (Phi) is 10.6. The molecule has 9 nitrogen and oxygen atoms in total. The van der Waals surface area contributed by atoms with Crippen LogP contribution in [0, 0.1) is 0 Å². The molecule has 2 aromatic heterocycles. The summed E-state index contributed by atoms with van der Waals surface area (Å²) in [5.41, 5.74) is 7.52. The van der Waals surface area contributed by atoms with Gasteiger partial charge in [0, 0.05) is 30.9 Å². The Morgan fingerprint density at radius 1 is 0.947 bits per heavy atom. The van der Waals surface area contributed by atoms with Gasteiger partial charge in [-0.2, -0.15) is 5.10 Å². The van der Waals surface area contributed by atoms with Crippen LogP contribution < -0.4 is 16.4 Å². The van der Waals surface area contributed by atoms with E-state index in [1.165, 1.54) is 16.8 Å². The Morgan fingerprint density at radius 2 is 1.71 bits per heavy atom. The number of hydrogen-bond acceptors (Lipinski definition) is 6. The number of hydrogen-bond donors (Lipinski definition) is 3. The first-order valence-electron chi connectivity index (χ1n) is 11.4. The van der Waals surface area contributed by atoms with Crippen molar-refractivity contribution in [2.24, 2.45) is 5.73 Å². The number of nitrogens with zero attached hydrogens (tertiary/aromatic N) is 3. The molecule has 12 heteroatoms. The van der Waals surface area contributed by atoms with Gasteiger partial charge in [0.1, 0.15) is 5.82 Å². The standard InChI is InChI=1S/C26H24Cl2N6O3.ClH/c27-20-15-21(28)19(14-18(20)22-8-4-5-10-30-22)25(35)32-24-16-23(26(36)31-11-13-37-12-9-29)33-34(24)17-6-2-1-3-7-17;/h1-8,10,14-16H,9,11-13,29H2,(H,31,36)(H,32,35);1H. The average molecular weight is 576 g/mol. The number of carbonyl (C=O) groups excluding carboxylic acids is 2. The molecule has 0 aliphatic heterocycles. The molecular weight excluding hydrogens is 551 g/mol. The lowest BCUT2D eigenvalue weighted by Crippen LogP contribution is -2.28. The van der Waals surface area contributed by atoms with Gasteiger partial charge in [-0.3, -0.25) is 14.6 Å². The zero-order valence-electron chi connectivity index (χ0n) is 20.1. The van der Waals surface area contributed by atoms with Crippen LogP contribution in [0.4, 0.5) is 5.82 Å². The summed E-state index contributed by atoms with van der Waals surface area (Å²) < 4.78 is 6.75. The van der Waals surface area contributed by atoms with E-state index in [0.29, 0.717) is 41.7 Å². The molecule has 2 aromatic carbocycles. The Labute approximate surface area is 235 Å². The van der Waals surface area contributed by atoms with Gasteiger partial charge in [0.25, 0.3) is 11.8 Å². The van der Waals surface area contributed by atoms with Crippen molar-refractivity contribution in [2.45, 2.75) is 0 Å². The van der Waals surface area contributed by atoms with Crippen molar-refractivity contribution in [3.8, 4) is 16.9 Å². The number of nitrogens with one attached hydrogen (secondary N) is 2. The number of anilines is 1. The van der Waals surface area contributed by atoms with Gasteiger partial charge in [-0.05, 0) is 36.4 Å². The Hall–Kier alpha value is -3.47. The molecule has 4 aromatic rings. The first-order chi connectivity index (χ1) is 18.0. The van der Waals surface area contributed by atoms with Crippen LogP contribution in [0.15, 0.2) is 72.9 Å². The Bertz CT molecular complexity index is 1380. The first kappa shape index (κ1) is 29.1. The maximum absolute atomic E-state index is 13.3. The third-order valence-electron chi connectivity index (χ3n) is 5.22. The molecule has 0 unspecified atom stereocenters. The van der Waals surface area contributed by atoms with Crippen LogP contribution in [0.25, 0.3) is 16.9 Å². The van der Waals surface area contributed by atoms with E-state index >= 15 is 0 Å². The molecule has 2 amide bonds. The molecule has 0 aliphatic rings. The maximum atomic E-state index is 13.3. The number of rotatable bonds is 10. The normalized spacial score (nSPS) is 10.5. The van der Waals surface area contributed by atoms with Crippen LogP contribution in [0.3, 0.4) is 0 Å². The topological polar surface area (TPSA) is 124 Å². The molecule has 0 saturated carbocycles. The van der Waals surface area contributed by atoms with Gasteiger partial charge in [-0.15, -0.1) is 12.4 Å². The summed E-state index contributed by atoms with van der Waals surface area (Å²) >= 11 is 12.8. The Balaban J connectivity index is 0.00000400. The third kappa shape index (κ3) is 7.09. The van der Waals surface area contributed by atoms with Gasteiger partial charge in [-0.25, -0.2) is 4.68 Å². The summed E-state index contributed by atoms with van der Waals surface area (Å²) in [5.74, 6) is -0.632. The lowest BCUT2D eigenvalue weighted by Gasteiger charge is -2.12. The minimum absolute atomic E-state index is 0. The largest absolute Gasteiger partial charge is 0.378 e. The van der Waals surface area contributed by atoms with Gasteiger partial charge in [-0.1, -0.05) is 47.5 Å². The van der Waals surface area contributed by atoms with E-state index < -0.39 is 11.8 Å². The smallest absolute Gasteiger partial charge is 0.271 e. The molecule has 0 saturated heterocycles. The zero-order valence-corrected chi connectivity index (χ0v) is 22.4. The lowest BCUT2D eigenvalue weighted by atomic mass is 10.1. The van der Waals surface area contributed by atoms with E-state index in [1.807, 2.05) is 24.3 Å². The highest BCUT2D eigenvalue weighted by molar-refractivity contribution is 6.38. The second-order valence-corrected chi connectivity index (χ2v) is 8.61. The molecule has 0 fully saturated rings. The van der Waals surface area contributed by atoms with Crippen molar-refractivity contribution in [1.82, 2.24) is 20.1 Å². The lowest BCUT2D eigenvalue weighted by molar-refractivity contribution is 0.0914. The van der Waals surface area contributed by atoms with Crippen molar-refractivity contribution >= 4 is 53.2 Å². The highest BCUT2D eigenvalue weighted by Gasteiger charge is 2.20. The molecular formula is C26H25Cl3N6O3. The molecule has 38 heavy (non-hydrogen) atoms. The monoisotopic (exact) mass is 574 g/mol. The van der Waals surface area contributed by atoms with Crippen LogP contribution >= 0.6 is 35.6 Å². The summed E-state index contributed by atoms with van der Waals surface area (Å²) in [6.45, 7) is 1.42. The van der Waals surface area contributed by atoms with Crippen LogP contribution in [0.1, 0.15) is 20.8 Å². The molecule has 2 heterocycles. The number of aromatic nitrogens is 3. The van der Waals surface area contributed by atoms with Crippen molar-refractivity contribution in [3.05, 3.63) is 94.2 Å². The van der Waals surface area contributed by atoms with Gasteiger partial charge < -0.3 is 21.1 Å². The number of halogens is 3. The van der Waals surface area contributed by atoms with Crippen molar-refractivity contribution in [3.63, 3.8) is 0 Å². The van der Waals surface area contributed by atoms with Crippen LogP contribution in [-0.2, 0) is 4.74 Å². The molecule has 0 aliphatic carbocycles. The van der Waals surface area contributed by atoms with Crippen molar-refractivity contribution in [1.29, 1.82) is 0 Å². The second kappa shape index (κ2) is 13.9. The summed E-state index contributed by atoms with van der Waals surface area (Å²) in [5, 5.41) is 10.5. The summed E-state index contributed by atoms with van der Waals surface area (Å²) in [7, 11) is 0. The van der Waals surface area contributed by atoms with Gasteiger partial charge in [0.15, 0.2) is 5.69 Å². The summed E-state index contributed by atoms with van der Waals surface area (Å²) in [6, 6.07) is 19.1. The molecule has 0 spiro atoms. The third-order valence-corrected chi connectivity index (χ3v) is 5.85. The van der Waals surface area contributed by atoms with E-state index in [1.54, 1.807) is 36.5 Å². The highest BCUT2D eigenvalue weighted by atomic mass is 35.5. The minimum atomic E-state index is -0.502. The quantitative estimate of drug-likeness (QED) is 0.237. The number of para-hydroxylation sites is 1. The van der Waals surface area contributed by atoms with Gasteiger partial charge >= 0.3 is 0 Å². The number of benzene rings is 2. The summed E-state index contributed by atoms with van der Waals surface area (Å²) in [6.07, 6.45) is 1.63. The number of carbonyl (C=O) groups is 2. The minimum Gasteiger partial charge on any atom is -0.378 e. The SMILES string of the molecule is Cl.NCCOCCNC(=O)c1cc(NC(=O)c2cc(-c3ccccn3)c(Cl)cc2Cl)n(-c2ccccc2)n1. The van der Waals surface area contributed by atoms with Crippen LogP contribution in [-0.4, -0.2) is 52.9 Å². The molecule has 0 bridgehead atoms. The number of nitrogens with two attached hydrogens (primary N) is 1. The van der Waals surface area contributed by atoms with Crippen LogP contribution in [0.5, 0.6) is 0 Å². The maximum Gasteiger partial charge on any atom is 0.271 e. The van der Waals surface area contributed by atoms with E-state index in [-0.39, 0.29) is 41.0 Å². The van der Waals surface area contributed by atoms with E-state index in [0.717, 1.165) is 0 Å². The predicted octanol–water partition coefficient (Wildman–Crippen LogP) is 4.62. The van der Waals surface area contributed by atoms with Crippen molar-refractivity contribution in [2.75, 3.05) is 31.6 Å². The van der Waals surface area contributed by atoms with E-state index in [2.05, 4.69) is 20.7 Å². The second-order valence-electron chi connectivity index (χ2n) is 7.80. The van der Waals surface area contributed by atoms with Gasteiger partial charge in [0.2, 0.25) is 0 Å². The zero-order chi connectivity index (χ0) is 26.2. The van der Waals surface area contributed by atoms with E-state index in [4.69, 9.17) is 33.7 Å². The average Bonchev–Trinajstić information content (AvgIpc) is 3.33. The molecule has 0 atom stereocenters. The fourth-order valence-corrected chi connectivity index (χ4v) is 4.05. The molecule has 0 radical (unpaired) electrons. The number of pyridine rings is 1. The predicted molar refractivity (Wildman–Crippen MR) is 151 cm³/mol. The molecule has 4 N–H and O–H groups in total. The van der Waals surface area contributed by atoms with Crippen molar-refractivity contribution < 1.29 is 14.3 Å². The molecule has 4 rings (SSSR count). The highest BCUT2D eigenvalue weighted by Crippen LogP contribution is 2.32. The van der Waals surface area contributed by atoms with E-state index in [9.17, 15) is 9.59 Å². The summed E-state index contributed by atoms with van der Waals surface area (Å²) in [4.78, 5) is 30.3. The van der Waals surface area contributed by atoms with Gasteiger partial charge in [0.05, 0.1) is 40.2 Å². The fourth-order valence-electron chi connectivity index (χ4n) is 3.48. The number of ether oxygens (including phenoxy) is 1. The fraction of sp³-hybridized carbons (Fsp3) is 0.154. The van der Waals surface area contributed by atoms with Crippen LogP contribution in [0.2, 0.25) is 10.0 Å². The Morgan fingerprint density at radius 3 is 2.42 bits per heavy atom. The molecule has 198 valence electrons.